The number of carbonyl (C=O) groups is 1. The van der Waals surface area contributed by atoms with Crippen LogP contribution >= 0.6 is 11.3 Å². The standard InChI is InChI=1S/C14H16FN3O2S/c15-5-7-20-11-3-1-2-10(8-11)17-14(19)12-9-21-13(18-12)4-6-16/h1-3,8-9H,4-7,16H2,(H,17,19). The lowest BCUT2D eigenvalue weighted by Gasteiger charge is -2.07. The Labute approximate surface area is 126 Å². The van der Waals surface area contributed by atoms with Crippen LogP contribution in [0.4, 0.5) is 10.1 Å². The van der Waals surface area contributed by atoms with Crippen molar-refractivity contribution in [1.29, 1.82) is 0 Å². The smallest absolute Gasteiger partial charge is 0.275 e. The first-order chi connectivity index (χ1) is 10.2. The molecule has 7 heteroatoms. The van der Waals surface area contributed by atoms with Gasteiger partial charge in [0.2, 0.25) is 0 Å². The summed E-state index contributed by atoms with van der Waals surface area (Å²) in [5.41, 5.74) is 6.39. The predicted molar refractivity (Wildman–Crippen MR) is 80.7 cm³/mol. The van der Waals surface area contributed by atoms with Crippen molar-refractivity contribution in [2.75, 3.05) is 25.1 Å². The van der Waals surface area contributed by atoms with Crippen LogP contribution in [0.1, 0.15) is 15.5 Å². The van der Waals surface area contributed by atoms with E-state index in [-0.39, 0.29) is 12.5 Å². The van der Waals surface area contributed by atoms with Gasteiger partial charge in [-0.1, -0.05) is 6.07 Å². The first-order valence-corrected chi connectivity index (χ1v) is 7.35. The highest BCUT2D eigenvalue weighted by molar-refractivity contribution is 7.09. The van der Waals surface area contributed by atoms with Gasteiger partial charge in [0.05, 0.1) is 5.01 Å². The number of thiazole rings is 1. The number of alkyl halides is 1. The van der Waals surface area contributed by atoms with E-state index >= 15 is 0 Å². The molecule has 1 heterocycles. The van der Waals surface area contributed by atoms with Gasteiger partial charge >= 0.3 is 0 Å². The molecule has 0 bridgehead atoms. The zero-order valence-corrected chi connectivity index (χ0v) is 12.2. The second kappa shape index (κ2) is 7.70. The number of benzene rings is 1. The Bertz CT molecular complexity index is 603. The number of nitrogens with one attached hydrogen (secondary N) is 1. The lowest BCUT2D eigenvalue weighted by atomic mass is 10.3. The molecule has 0 aliphatic rings. The third-order valence-electron chi connectivity index (χ3n) is 2.58. The molecule has 0 spiro atoms. The summed E-state index contributed by atoms with van der Waals surface area (Å²) in [6.07, 6.45) is 0.657. The number of hydrogen-bond acceptors (Lipinski definition) is 5. The van der Waals surface area contributed by atoms with Crippen LogP contribution in [0.5, 0.6) is 5.75 Å². The van der Waals surface area contributed by atoms with Crippen LogP contribution in [0.25, 0.3) is 0 Å². The van der Waals surface area contributed by atoms with E-state index in [0.717, 1.165) is 5.01 Å². The highest BCUT2D eigenvalue weighted by Gasteiger charge is 2.11. The maximum atomic E-state index is 12.1. The molecular formula is C14H16FN3O2S. The number of nitrogens with two attached hydrogens (primary N) is 1. The number of amides is 1. The molecule has 0 unspecified atom stereocenters. The minimum Gasteiger partial charge on any atom is -0.491 e. The summed E-state index contributed by atoms with van der Waals surface area (Å²) in [6.45, 7) is -0.0617. The van der Waals surface area contributed by atoms with Gasteiger partial charge in [-0.15, -0.1) is 11.3 Å². The SMILES string of the molecule is NCCc1nc(C(=O)Nc2cccc(OCCF)c2)cs1. The zero-order chi connectivity index (χ0) is 15.1. The third-order valence-corrected chi connectivity index (χ3v) is 3.49. The van der Waals surface area contributed by atoms with E-state index in [1.54, 1.807) is 29.6 Å². The Morgan fingerprint density at radius 1 is 1.48 bits per heavy atom. The molecule has 21 heavy (non-hydrogen) atoms. The van der Waals surface area contributed by atoms with Crippen molar-refractivity contribution >= 4 is 22.9 Å². The molecule has 0 aliphatic carbocycles. The van der Waals surface area contributed by atoms with Crippen molar-refractivity contribution in [1.82, 2.24) is 4.98 Å². The number of halogens is 1. The summed E-state index contributed by atoms with van der Waals surface area (Å²) in [4.78, 5) is 16.3. The average Bonchev–Trinajstić information content (AvgIpc) is 2.95. The van der Waals surface area contributed by atoms with E-state index in [4.69, 9.17) is 10.5 Å². The van der Waals surface area contributed by atoms with Crippen LogP contribution in [-0.4, -0.2) is 30.7 Å². The number of hydrogen-bond donors (Lipinski definition) is 2. The van der Waals surface area contributed by atoms with Crippen molar-refractivity contribution in [2.45, 2.75) is 6.42 Å². The first-order valence-electron chi connectivity index (χ1n) is 6.47. The normalized spacial score (nSPS) is 10.4. The Kier molecular flexibility index (Phi) is 5.65. The molecule has 2 aromatic rings. The topological polar surface area (TPSA) is 77.2 Å². The van der Waals surface area contributed by atoms with Gasteiger partial charge < -0.3 is 15.8 Å². The van der Waals surface area contributed by atoms with Crippen LogP contribution < -0.4 is 15.8 Å². The largest absolute Gasteiger partial charge is 0.491 e. The van der Waals surface area contributed by atoms with E-state index in [2.05, 4.69) is 10.3 Å². The Balaban J connectivity index is 2.01. The van der Waals surface area contributed by atoms with Crippen LogP contribution in [0.2, 0.25) is 0 Å². The number of nitrogens with zero attached hydrogens (tertiary/aromatic N) is 1. The predicted octanol–water partition coefficient (Wildman–Crippen LogP) is 2.24. The monoisotopic (exact) mass is 309 g/mol. The summed E-state index contributed by atoms with van der Waals surface area (Å²) in [7, 11) is 0. The Morgan fingerprint density at radius 3 is 3.10 bits per heavy atom. The molecule has 2 rings (SSSR count). The number of rotatable bonds is 7. The Hall–Kier alpha value is -1.99. The van der Waals surface area contributed by atoms with E-state index < -0.39 is 6.67 Å². The highest BCUT2D eigenvalue weighted by Crippen LogP contribution is 2.18. The maximum absolute atomic E-state index is 12.1. The molecule has 0 radical (unpaired) electrons. The van der Waals surface area contributed by atoms with Crippen molar-refractivity contribution in [3.05, 3.63) is 40.3 Å². The lowest BCUT2D eigenvalue weighted by Crippen LogP contribution is -2.13. The van der Waals surface area contributed by atoms with Gasteiger partial charge in [-0.25, -0.2) is 9.37 Å². The van der Waals surface area contributed by atoms with Gasteiger partial charge in [0.15, 0.2) is 0 Å². The number of carbonyl (C=O) groups excluding carboxylic acids is 1. The zero-order valence-electron chi connectivity index (χ0n) is 11.3. The lowest BCUT2D eigenvalue weighted by molar-refractivity contribution is 0.102. The van der Waals surface area contributed by atoms with E-state index in [9.17, 15) is 9.18 Å². The molecule has 1 aromatic carbocycles. The number of anilines is 1. The molecule has 0 atom stereocenters. The van der Waals surface area contributed by atoms with Crippen LogP contribution in [0, 0.1) is 0 Å². The fourth-order valence-corrected chi connectivity index (χ4v) is 2.46. The van der Waals surface area contributed by atoms with Gasteiger partial charge in [0.25, 0.3) is 5.91 Å². The maximum Gasteiger partial charge on any atom is 0.275 e. The van der Waals surface area contributed by atoms with E-state index in [1.165, 1.54) is 11.3 Å². The van der Waals surface area contributed by atoms with Gasteiger partial charge in [0.1, 0.15) is 24.7 Å². The van der Waals surface area contributed by atoms with Gasteiger partial charge in [-0.3, -0.25) is 4.79 Å². The van der Waals surface area contributed by atoms with E-state index in [1.807, 2.05) is 0 Å². The minimum atomic E-state index is -0.556. The molecule has 1 amide bonds. The number of ether oxygens (including phenoxy) is 1. The molecule has 112 valence electrons. The molecular weight excluding hydrogens is 293 g/mol. The van der Waals surface area contributed by atoms with Crippen LogP contribution in [-0.2, 0) is 6.42 Å². The van der Waals surface area contributed by atoms with Gasteiger partial charge in [0, 0.05) is 23.6 Å². The summed E-state index contributed by atoms with van der Waals surface area (Å²) in [5, 5.41) is 5.26. The fraction of sp³-hybridized carbons (Fsp3) is 0.286. The van der Waals surface area contributed by atoms with Crippen LogP contribution in [0.15, 0.2) is 29.6 Å². The molecule has 0 saturated heterocycles. The first kappa shape index (κ1) is 15.4. The molecule has 0 fully saturated rings. The van der Waals surface area contributed by atoms with Gasteiger partial charge in [-0.2, -0.15) is 0 Å². The molecule has 0 aliphatic heterocycles. The van der Waals surface area contributed by atoms with Crippen LogP contribution in [0.3, 0.4) is 0 Å². The van der Waals surface area contributed by atoms with Crippen molar-refractivity contribution in [3.8, 4) is 5.75 Å². The van der Waals surface area contributed by atoms with Crippen molar-refractivity contribution in [2.24, 2.45) is 5.73 Å². The minimum absolute atomic E-state index is 0.00800. The summed E-state index contributed by atoms with van der Waals surface area (Å²) >= 11 is 1.41. The summed E-state index contributed by atoms with van der Waals surface area (Å²) in [5.74, 6) is 0.213. The summed E-state index contributed by atoms with van der Waals surface area (Å²) in [6, 6.07) is 6.80. The molecule has 5 nitrogen and oxygen atoms in total. The van der Waals surface area contributed by atoms with Crippen molar-refractivity contribution in [3.63, 3.8) is 0 Å². The second-order valence-corrected chi connectivity index (χ2v) is 5.13. The van der Waals surface area contributed by atoms with Crippen molar-refractivity contribution < 1.29 is 13.9 Å². The van der Waals surface area contributed by atoms with Gasteiger partial charge in [-0.05, 0) is 18.7 Å². The van der Waals surface area contributed by atoms with E-state index in [0.29, 0.717) is 30.1 Å². The summed E-state index contributed by atoms with van der Waals surface area (Å²) < 4.78 is 17.2. The quantitative estimate of drug-likeness (QED) is 0.822. The number of aromatic nitrogens is 1. The second-order valence-electron chi connectivity index (χ2n) is 4.18. The third kappa shape index (κ3) is 4.51. The fourth-order valence-electron chi connectivity index (χ4n) is 1.67. The molecule has 1 aromatic heterocycles. The average molecular weight is 309 g/mol. The molecule has 3 N–H and O–H groups in total. The molecule has 0 saturated carbocycles. The highest BCUT2D eigenvalue weighted by atomic mass is 32.1. The Morgan fingerprint density at radius 2 is 2.33 bits per heavy atom.